The minimum Gasteiger partial charge on any atom is -0.481 e. The molecule has 21 heavy (non-hydrogen) atoms. The molecule has 0 unspecified atom stereocenters. The first-order valence-electron chi connectivity index (χ1n) is 5.83. The summed E-state index contributed by atoms with van der Waals surface area (Å²) in [6, 6.07) is 5.07. The number of carboxylic acid groups (broad SMARTS) is 1. The predicted octanol–water partition coefficient (Wildman–Crippen LogP) is 1.60. The molecule has 0 bridgehead atoms. The molecule has 6 nitrogen and oxygen atoms in total. The molecule has 0 aromatic heterocycles. The fourth-order valence-corrected chi connectivity index (χ4v) is 2.25. The van der Waals surface area contributed by atoms with Crippen LogP contribution in [-0.2, 0) is 9.59 Å². The summed E-state index contributed by atoms with van der Waals surface area (Å²) >= 11 is 8.31. The molecule has 0 atom stereocenters. The Kier molecular flexibility index (Phi) is 4.59. The number of nitrogens with zero attached hydrogens (tertiary/aromatic N) is 1. The highest BCUT2D eigenvalue weighted by Gasteiger charge is 2.27. The van der Waals surface area contributed by atoms with Gasteiger partial charge in [-0.2, -0.15) is 0 Å². The van der Waals surface area contributed by atoms with Gasteiger partial charge in [-0.05, 0) is 36.5 Å². The normalized spacial score (nSPS) is 16.3. The van der Waals surface area contributed by atoms with E-state index in [2.05, 4.69) is 21.2 Å². The van der Waals surface area contributed by atoms with Gasteiger partial charge in [0.25, 0.3) is 5.91 Å². The molecule has 1 fully saturated rings. The number of rotatable bonds is 4. The number of hydrogen-bond donors (Lipinski definition) is 2. The average Bonchev–Trinajstić information content (AvgIpc) is 2.65. The standard InChI is InChI=1S/C13H11BrN2O4S/c1-16-12(19)9(15-13(16)21)5-7-4-8(14)2-3-10(7)20-6-11(17)18/h2-5H,6H2,1H3,(H,15,21)(H,17,18)/b9-5-. The van der Waals surface area contributed by atoms with Crippen molar-refractivity contribution in [3.05, 3.63) is 33.9 Å². The molecular formula is C13H11BrN2O4S. The van der Waals surface area contributed by atoms with E-state index < -0.39 is 12.6 Å². The van der Waals surface area contributed by atoms with E-state index in [9.17, 15) is 9.59 Å². The molecule has 8 heteroatoms. The zero-order valence-electron chi connectivity index (χ0n) is 10.9. The number of carbonyl (C=O) groups excluding carboxylic acids is 1. The molecule has 1 saturated heterocycles. The number of nitrogens with one attached hydrogen (secondary N) is 1. The van der Waals surface area contributed by atoms with Crippen molar-refractivity contribution in [2.24, 2.45) is 0 Å². The van der Waals surface area contributed by atoms with Gasteiger partial charge >= 0.3 is 5.97 Å². The Bertz CT molecular complexity index is 660. The van der Waals surface area contributed by atoms with Crippen LogP contribution in [0.15, 0.2) is 28.4 Å². The second-order valence-electron chi connectivity index (χ2n) is 4.22. The van der Waals surface area contributed by atoms with Gasteiger partial charge < -0.3 is 15.2 Å². The molecule has 1 aromatic carbocycles. The van der Waals surface area contributed by atoms with E-state index in [-0.39, 0.29) is 5.91 Å². The van der Waals surface area contributed by atoms with Crippen LogP contribution < -0.4 is 10.1 Å². The van der Waals surface area contributed by atoms with Crippen molar-refractivity contribution in [3.63, 3.8) is 0 Å². The number of carboxylic acids is 1. The summed E-state index contributed by atoms with van der Waals surface area (Å²) in [5.41, 5.74) is 0.875. The van der Waals surface area contributed by atoms with Crippen molar-refractivity contribution in [1.82, 2.24) is 10.2 Å². The van der Waals surface area contributed by atoms with Gasteiger partial charge in [0, 0.05) is 17.1 Å². The molecule has 1 heterocycles. The van der Waals surface area contributed by atoms with Crippen molar-refractivity contribution in [2.75, 3.05) is 13.7 Å². The molecule has 1 aliphatic heterocycles. The van der Waals surface area contributed by atoms with Gasteiger partial charge in [0.05, 0.1) is 0 Å². The summed E-state index contributed by atoms with van der Waals surface area (Å²) in [6.45, 7) is -0.461. The first-order chi connectivity index (χ1) is 9.88. The van der Waals surface area contributed by atoms with Crippen LogP contribution in [0.4, 0.5) is 0 Å². The van der Waals surface area contributed by atoms with Crippen molar-refractivity contribution < 1.29 is 19.4 Å². The monoisotopic (exact) mass is 370 g/mol. The maximum absolute atomic E-state index is 11.9. The lowest BCUT2D eigenvalue weighted by Crippen LogP contribution is -2.25. The van der Waals surface area contributed by atoms with Crippen molar-refractivity contribution in [2.45, 2.75) is 0 Å². The Labute approximate surface area is 134 Å². The smallest absolute Gasteiger partial charge is 0.341 e. The van der Waals surface area contributed by atoms with Crippen LogP contribution >= 0.6 is 28.1 Å². The number of ether oxygens (including phenoxy) is 1. The highest BCUT2D eigenvalue weighted by atomic mass is 79.9. The summed E-state index contributed by atoms with van der Waals surface area (Å²) in [5, 5.41) is 11.8. The number of carbonyl (C=O) groups is 2. The number of halogens is 1. The Morgan fingerprint density at radius 2 is 2.29 bits per heavy atom. The van der Waals surface area contributed by atoms with Gasteiger partial charge in [-0.1, -0.05) is 15.9 Å². The van der Waals surface area contributed by atoms with Crippen LogP contribution in [-0.4, -0.2) is 40.6 Å². The fourth-order valence-electron chi connectivity index (χ4n) is 1.68. The zero-order valence-corrected chi connectivity index (χ0v) is 13.3. The predicted molar refractivity (Wildman–Crippen MR) is 83.8 cm³/mol. The Balaban J connectivity index is 2.34. The van der Waals surface area contributed by atoms with E-state index >= 15 is 0 Å². The number of likely N-dealkylation sites (N-methyl/N-ethyl adjacent to an activating group) is 1. The highest BCUT2D eigenvalue weighted by Crippen LogP contribution is 2.26. The molecule has 0 aliphatic carbocycles. The van der Waals surface area contributed by atoms with Gasteiger partial charge in [0.1, 0.15) is 11.4 Å². The maximum atomic E-state index is 11.9. The van der Waals surface area contributed by atoms with E-state index in [1.54, 1.807) is 31.3 Å². The second kappa shape index (κ2) is 6.23. The molecule has 0 radical (unpaired) electrons. The molecule has 1 aliphatic rings. The number of benzene rings is 1. The van der Waals surface area contributed by atoms with E-state index in [1.165, 1.54) is 4.90 Å². The fraction of sp³-hybridized carbons (Fsp3) is 0.154. The molecule has 2 rings (SSSR count). The van der Waals surface area contributed by atoms with Crippen LogP contribution in [0, 0.1) is 0 Å². The maximum Gasteiger partial charge on any atom is 0.341 e. The van der Waals surface area contributed by atoms with Crippen LogP contribution in [0.3, 0.4) is 0 Å². The molecule has 110 valence electrons. The number of hydrogen-bond acceptors (Lipinski definition) is 4. The lowest BCUT2D eigenvalue weighted by Gasteiger charge is -2.08. The summed E-state index contributed by atoms with van der Waals surface area (Å²) in [5.74, 6) is -0.972. The van der Waals surface area contributed by atoms with Crippen LogP contribution in [0.2, 0.25) is 0 Å². The lowest BCUT2D eigenvalue weighted by atomic mass is 10.1. The van der Waals surface area contributed by atoms with Gasteiger partial charge in [0.2, 0.25) is 0 Å². The van der Waals surface area contributed by atoms with Crippen LogP contribution in [0.1, 0.15) is 5.56 Å². The molecule has 2 N–H and O–H groups in total. The number of amides is 1. The van der Waals surface area contributed by atoms with E-state index in [0.717, 1.165) is 4.47 Å². The molecule has 1 amide bonds. The lowest BCUT2D eigenvalue weighted by molar-refractivity contribution is -0.139. The third-order valence-electron chi connectivity index (χ3n) is 2.70. The highest BCUT2D eigenvalue weighted by molar-refractivity contribution is 9.10. The summed E-state index contributed by atoms with van der Waals surface area (Å²) < 4.78 is 5.98. The van der Waals surface area contributed by atoms with Gasteiger partial charge in [-0.15, -0.1) is 0 Å². The van der Waals surface area contributed by atoms with E-state index in [1.807, 2.05) is 0 Å². The summed E-state index contributed by atoms with van der Waals surface area (Å²) in [4.78, 5) is 23.9. The van der Waals surface area contributed by atoms with Gasteiger partial charge in [0.15, 0.2) is 11.7 Å². The quantitative estimate of drug-likeness (QED) is 0.619. The third kappa shape index (κ3) is 3.59. The van der Waals surface area contributed by atoms with Gasteiger partial charge in [-0.3, -0.25) is 9.69 Å². The van der Waals surface area contributed by atoms with Crippen LogP contribution in [0.5, 0.6) is 5.75 Å². The van der Waals surface area contributed by atoms with Gasteiger partial charge in [-0.25, -0.2) is 4.79 Å². The van der Waals surface area contributed by atoms with Crippen molar-refractivity contribution in [3.8, 4) is 5.75 Å². The minimum atomic E-state index is -1.08. The Hall–Kier alpha value is -1.93. The number of aliphatic carboxylic acids is 1. The van der Waals surface area contributed by atoms with Crippen LogP contribution in [0.25, 0.3) is 6.08 Å². The number of thiocarbonyl (C=S) groups is 1. The minimum absolute atomic E-state index is 0.260. The Morgan fingerprint density at radius 1 is 1.57 bits per heavy atom. The molecular weight excluding hydrogens is 360 g/mol. The molecule has 1 aromatic rings. The first kappa shape index (κ1) is 15.5. The average molecular weight is 371 g/mol. The summed E-state index contributed by atoms with van der Waals surface area (Å²) in [7, 11) is 1.57. The van der Waals surface area contributed by atoms with Crippen molar-refractivity contribution >= 4 is 51.2 Å². The molecule has 0 spiro atoms. The molecule has 0 saturated carbocycles. The third-order valence-corrected chi connectivity index (χ3v) is 3.57. The Morgan fingerprint density at radius 3 is 2.86 bits per heavy atom. The zero-order chi connectivity index (χ0) is 15.6. The first-order valence-corrected chi connectivity index (χ1v) is 7.03. The van der Waals surface area contributed by atoms with E-state index in [0.29, 0.717) is 22.1 Å². The SMILES string of the molecule is CN1C(=O)/C(=C/c2cc(Br)ccc2OCC(=O)O)NC1=S. The topological polar surface area (TPSA) is 78.9 Å². The second-order valence-corrected chi connectivity index (χ2v) is 5.52. The summed E-state index contributed by atoms with van der Waals surface area (Å²) in [6.07, 6.45) is 1.57. The largest absolute Gasteiger partial charge is 0.481 e. The van der Waals surface area contributed by atoms with E-state index in [4.69, 9.17) is 22.1 Å². The van der Waals surface area contributed by atoms with Crippen molar-refractivity contribution in [1.29, 1.82) is 0 Å².